The molecule has 0 aromatic heterocycles. The second-order valence-electron chi connectivity index (χ2n) is 4.90. The van der Waals surface area contributed by atoms with Gasteiger partial charge in [0, 0.05) is 6.04 Å². The van der Waals surface area contributed by atoms with E-state index in [1.54, 1.807) is 0 Å². The molecule has 0 aliphatic heterocycles. The van der Waals surface area contributed by atoms with Crippen molar-refractivity contribution in [1.29, 1.82) is 0 Å². The quantitative estimate of drug-likeness (QED) is 0.865. The minimum atomic E-state index is -0.809. The fraction of sp³-hybridized carbons (Fsp3) is 0.312. The molecule has 0 bridgehead atoms. The molecule has 100 valence electrons. The molecule has 2 rings (SSSR count). The van der Waals surface area contributed by atoms with Crippen molar-refractivity contribution in [3.63, 3.8) is 0 Å². The van der Waals surface area contributed by atoms with Crippen molar-refractivity contribution in [2.75, 3.05) is 0 Å². The predicted molar refractivity (Wildman–Crippen MR) is 77.0 cm³/mol. The Balaban J connectivity index is 2.18. The maximum atomic E-state index is 11.1. The van der Waals surface area contributed by atoms with Gasteiger partial charge in [-0.2, -0.15) is 0 Å². The maximum Gasteiger partial charge on any atom is 0.308 e. The highest BCUT2D eigenvalue weighted by molar-refractivity contribution is 5.83. The number of hydrogen-bond acceptors (Lipinski definition) is 2. The second-order valence-corrected chi connectivity index (χ2v) is 4.90. The lowest BCUT2D eigenvalue weighted by molar-refractivity contribution is -0.142. The molecule has 19 heavy (non-hydrogen) atoms. The summed E-state index contributed by atoms with van der Waals surface area (Å²) in [6, 6.07) is 13.9. The van der Waals surface area contributed by atoms with Crippen molar-refractivity contribution in [3.05, 3.63) is 48.0 Å². The molecule has 1 unspecified atom stereocenters. The molecule has 0 radical (unpaired) electrons. The predicted octanol–water partition coefficient (Wildman–Crippen LogP) is 2.82. The smallest absolute Gasteiger partial charge is 0.308 e. The molecule has 0 saturated carbocycles. The summed E-state index contributed by atoms with van der Waals surface area (Å²) in [6.45, 7) is 1.86. The summed E-state index contributed by atoms with van der Waals surface area (Å²) in [4.78, 5) is 11.1. The Morgan fingerprint density at radius 2 is 1.89 bits per heavy atom. The third-order valence-electron chi connectivity index (χ3n) is 3.56. The van der Waals surface area contributed by atoms with Crippen LogP contribution in [-0.2, 0) is 11.2 Å². The van der Waals surface area contributed by atoms with Gasteiger partial charge >= 0.3 is 5.97 Å². The number of nitrogens with two attached hydrogens (primary N) is 1. The van der Waals surface area contributed by atoms with Crippen LogP contribution in [0, 0.1) is 5.92 Å². The number of carboxylic acid groups (broad SMARTS) is 1. The van der Waals surface area contributed by atoms with Gasteiger partial charge < -0.3 is 10.8 Å². The number of fused-ring (bicyclic) bond motifs is 1. The molecule has 0 amide bonds. The third kappa shape index (κ3) is 3.12. The molecule has 0 saturated heterocycles. The van der Waals surface area contributed by atoms with Gasteiger partial charge in [-0.25, -0.2) is 0 Å². The Kier molecular flexibility index (Phi) is 4.17. The fourth-order valence-corrected chi connectivity index (χ4v) is 2.44. The number of carbonyl (C=O) groups is 1. The zero-order valence-corrected chi connectivity index (χ0v) is 11.0. The number of rotatable bonds is 5. The number of benzene rings is 2. The summed E-state index contributed by atoms with van der Waals surface area (Å²) in [5, 5.41) is 11.5. The monoisotopic (exact) mass is 257 g/mol. The van der Waals surface area contributed by atoms with Gasteiger partial charge in [0.05, 0.1) is 5.92 Å². The van der Waals surface area contributed by atoms with Gasteiger partial charge in [0.25, 0.3) is 0 Å². The lowest BCUT2D eigenvalue weighted by atomic mass is 9.91. The van der Waals surface area contributed by atoms with Crippen molar-refractivity contribution in [2.45, 2.75) is 25.8 Å². The largest absolute Gasteiger partial charge is 0.481 e. The van der Waals surface area contributed by atoms with Crippen LogP contribution in [-0.4, -0.2) is 17.1 Å². The normalized spacial score (nSPS) is 14.2. The first-order valence-corrected chi connectivity index (χ1v) is 6.58. The van der Waals surface area contributed by atoms with E-state index in [1.807, 2.05) is 25.1 Å². The van der Waals surface area contributed by atoms with E-state index >= 15 is 0 Å². The molecule has 0 heterocycles. The van der Waals surface area contributed by atoms with Crippen molar-refractivity contribution >= 4 is 16.7 Å². The first-order chi connectivity index (χ1) is 9.11. The molecular formula is C16H19NO2. The molecule has 2 aromatic rings. The minimum Gasteiger partial charge on any atom is -0.481 e. The Morgan fingerprint density at radius 3 is 2.53 bits per heavy atom. The zero-order chi connectivity index (χ0) is 13.8. The van der Waals surface area contributed by atoms with Gasteiger partial charge in [-0.05, 0) is 29.2 Å². The molecule has 3 heteroatoms. The first-order valence-electron chi connectivity index (χ1n) is 6.58. The summed E-state index contributed by atoms with van der Waals surface area (Å²) < 4.78 is 0. The van der Waals surface area contributed by atoms with E-state index in [9.17, 15) is 4.79 Å². The molecule has 0 fully saturated rings. The van der Waals surface area contributed by atoms with Gasteiger partial charge in [-0.1, -0.05) is 49.4 Å². The topological polar surface area (TPSA) is 63.3 Å². The van der Waals surface area contributed by atoms with E-state index in [-0.39, 0.29) is 6.04 Å². The Hall–Kier alpha value is -1.87. The first kappa shape index (κ1) is 13.6. The van der Waals surface area contributed by atoms with Crippen molar-refractivity contribution in [2.24, 2.45) is 11.7 Å². The molecule has 0 spiro atoms. The van der Waals surface area contributed by atoms with Crippen LogP contribution in [0.1, 0.15) is 18.9 Å². The second kappa shape index (κ2) is 5.85. The summed E-state index contributed by atoms with van der Waals surface area (Å²) in [5.41, 5.74) is 7.11. The van der Waals surface area contributed by atoms with Crippen LogP contribution in [0.25, 0.3) is 10.8 Å². The van der Waals surface area contributed by atoms with E-state index < -0.39 is 11.9 Å². The van der Waals surface area contributed by atoms with Crippen LogP contribution >= 0.6 is 0 Å². The van der Waals surface area contributed by atoms with Gasteiger partial charge in [0.2, 0.25) is 0 Å². The summed E-state index contributed by atoms with van der Waals surface area (Å²) in [7, 11) is 0. The van der Waals surface area contributed by atoms with Crippen LogP contribution in [0.2, 0.25) is 0 Å². The molecule has 0 aliphatic carbocycles. The third-order valence-corrected chi connectivity index (χ3v) is 3.56. The molecule has 2 atom stereocenters. The Labute approximate surface area is 113 Å². The van der Waals surface area contributed by atoms with E-state index in [2.05, 4.69) is 24.3 Å². The van der Waals surface area contributed by atoms with Crippen LogP contribution in [0.3, 0.4) is 0 Å². The SMILES string of the molecule is CC[C@H](C(=O)O)C(N)Cc1ccc2ccccc2c1. The Bertz CT molecular complexity index is 580. The summed E-state index contributed by atoms with van der Waals surface area (Å²) in [6.07, 6.45) is 1.15. The van der Waals surface area contributed by atoms with Crippen molar-refractivity contribution in [1.82, 2.24) is 0 Å². The molecule has 0 aliphatic rings. The minimum absolute atomic E-state index is 0.344. The van der Waals surface area contributed by atoms with E-state index in [0.29, 0.717) is 12.8 Å². The highest BCUT2D eigenvalue weighted by atomic mass is 16.4. The molecular weight excluding hydrogens is 238 g/mol. The Morgan fingerprint density at radius 1 is 1.21 bits per heavy atom. The van der Waals surface area contributed by atoms with Crippen LogP contribution in [0.4, 0.5) is 0 Å². The van der Waals surface area contributed by atoms with Crippen LogP contribution in [0.5, 0.6) is 0 Å². The highest BCUT2D eigenvalue weighted by Crippen LogP contribution is 2.18. The zero-order valence-electron chi connectivity index (χ0n) is 11.0. The van der Waals surface area contributed by atoms with E-state index in [4.69, 9.17) is 10.8 Å². The van der Waals surface area contributed by atoms with Gasteiger partial charge in [-0.15, -0.1) is 0 Å². The maximum absolute atomic E-state index is 11.1. The number of aliphatic carboxylic acids is 1. The standard InChI is InChI=1S/C16H19NO2/c1-2-14(16(18)19)15(17)10-11-7-8-12-5-3-4-6-13(12)9-11/h3-9,14-15H,2,10,17H2,1H3,(H,18,19)/t14-,15?/m0/s1. The van der Waals surface area contributed by atoms with Gasteiger partial charge in [0.15, 0.2) is 0 Å². The van der Waals surface area contributed by atoms with Gasteiger partial charge in [-0.3, -0.25) is 4.79 Å². The van der Waals surface area contributed by atoms with Crippen LogP contribution < -0.4 is 5.73 Å². The van der Waals surface area contributed by atoms with Gasteiger partial charge in [0.1, 0.15) is 0 Å². The lowest BCUT2D eigenvalue weighted by Crippen LogP contribution is -2.36. The summed E-state index contributed by atoms with van der Waals surface area (Å²) >= 11 is 0. The number of hydrogen-bond donors (Lipinski definition) is 2. The average Bonchev–Trinajstić information content (AvgIpc) is 2.39. The lowest BCUT2D eigenvalue weighted by Gasteiger charge is -2.18. The highest BCUT2D eigenvalue weighted by Gasteiger charge is 2.23. The molecule has 3 nitrogen and oxygen atoms in total. The van der Waals surface area contributed by atoms with Crippen molar-refractivity contribution in [3.8, 4) is 0 Å². The molecule has 3 N–H and O–H groups in total. The van der Waals surface area contributed by atoms with E-state index in [1.165, 1.54) is 5.39 Å². The summed E-state index contributed by atoms with van der Waals surface area (Å²) in [5.74, 6) is -1.29. The molecule has 2 aromatic carbocycles. The average molecular weight is 257 g/mol. The van der Waals surface area contributed by atoms with Crippen molar-refractivity contribution < 1.29 is 9.90 Å². The fourth-order valence-electron chi connectivity index (χ4n) is 2.44. The van der Waals surface area contributed by atoms with E-state index in [0.717, 1.165) is 10.9 Å². The van der Waals surface area contributed by atoms with Crippen LogP contribution in [0.15, 0.2) is 42.5 Å². The number of carboxylic acids is 1.